The van der Waals surface area contributed by atoms with Crippen molar-refractivity contribution >= 4 is 17.4 Å². The number of pyridine rings is 1. The van der Waals surface area contributed by atoms with Crippen LogP contribution in [-0.4, -0.2) is 16.7 Å². The lowest BCUT2D eigenvalue weighted by Crippen LogP contribution is -2.14. The summed E-state index contributed by atoms with van der Waals surface area (Å²) in [7, 11) is 0. The quantitative estimate of drug-likeness (QED) is 0.860. The standard InChI is InChI=1S/C19H20N2O2/c1-13-9-10-20-12-17(13)21-19(23)8-7-18(22)16-6-5-14-3-2-4-15(14)11-16/h5-6,9-12H,2-4,7-8H2,1H3,(H,21,23). The molecule has 23 heavy (non-hydrogen) atoms. The molecule has 1 aliphatic carbocycles. The number of Topliss-reactive ketones (excluding diaryl/α,β-unsaturated/α-hetero) is 1. The third-order valence-corrected chi connectivity index (χ3v) is 4.31. The Kier molecular flexibility index (Phi) is 4.51. The van der Waals surface area contributed by atoms with Crippen LogP contribution in [0.25, 0.3) is 0 Å². The molecule has 0 saturated carbocycles. The van der Waals surface area contributed by atoms with Crippen LogP contribution in [0.4, 0.5) is 5.69 Å². The van der Waals surface area contributed by atoms with Gasteiger partial charge in [0.15, 0.2) is 5.78 Å². The van der Waals surface area contributed by atoms with Crippen LogP contribution in [-0.2, 0) is 17.6 Å². The molecule has 1 N–H and O–H groups in total. The van der Waals surface area contributed by atoms with E-state index < -0.39 is 0 Å². The average Bonchev–Trinajstić information content (AvgIpc) is 3.02. The first-order chi connectivity index (χ1) is 11.1. The molecule has 4 heteroatoms. The average molecular weight is 308 g/mol. The summed E-state index contributed by atoms with van der Waals surface area (Å²) in [5.74, 6) is -0.131. The highest BCUT2D eigenvalue weighted by Gasteiger charge is 2.15. The first-order valence-corrected chi connectivity index (χ1v) is 7.99. The molecule has 1 aliphatic rings. The van der Waals surface area contributed by atoms with E-state index in [0.29, 0.717) is 5.69 Å². The summed E-state index contributed by atoms with van der Waals surface area (Å²) < 4.78 is 0. The predicted molar refractivity (Wildman–Crippen MR) is 89.6 cm³/mol. The van der Waals surface area contributed by atoms with Crippen molar-refractivity contribution in [3.8, 4) is 0 Å². The molecule has 1 heterocycles. The number of anilines is 1. The van der Waals surface area contributed by atoms with Gasteiger partial charge in [-0.2, -0.15) is 0 Å². The molecular weight excluding hydrogens is 288 g/mol. The van der Waals surface area contributed by atoms with Crippen LogP contribution in [0.3, 0.4) is 0 Å². The Labute approximate surface area is 135 Å². The number of nitrogens with one attached hydrogen (secondary N) is 1. The molecule has 0 radical (unpaired) electrons. The Morgan fingerprint density at radius 2 is 1.96 bits per heavy atom. The van der Waals surface area contributed by atoms with Crippen LogP contribution in [0.5, 0.6) is 0 Å². The highest BCUT2D eigenvalue weighted by molar-refractivity contribution is 6.00. The van der Waals surface area contributed by atoms with E-state index in [9.17, 15) is 9.59 Å². The number of ketones is 1. The van der Waals surface area contributed by atoms with Crippen molar-refractivity contribution in [3.63, 3.8) is 0 Å². The van der Waals surface area contributed by atoms with E-state index in [1.165, 1.54) is 17.5 Å². The monoisotopic (exact) mass is 308 g/mol. The van der Waals surface area contributed by atoms with Crippen molar-refractivity contribution in [1.82, 2.24) is 4.98 Å². The van der Waals surface area contributed by atoms with Gasteiger partial charge in [-0.3, -0.25) is 14.6 Å². The minimum Gasteiger partial charge on any atom is -0.324 e. The van der Waals surface area contributed by atoms with E-state index >= 15 is 0 Å². The van der Waals surface area contributed by atoms with E-state index in [4.69, 9.17) is 0 Å². The van der Waals surface area contributed by atoms with Crippen molar-refractivity contribution in [3.05, 3.63) is 58.9 Å². The van der Waals surface area contributed by atoms with Gasteiger partial charge in [-0.05, 0) is 55.0 Å². The highest BCUT2D eigenvalue weighted by Crippen LogP contribution is 2.23. The number of carbonyl (C=O) groups is 2. The number of aryl methyl sites for hydroxylation is 3. The molecule has 0 bridgehead atoms. The van der Waals surface area contributed by atoms with Crippen molar-refractivity contribution in [2.75, 3.05) is 5.32 Å². The maximum Gasteiger partial charge on any atom is 0.224 e. The lowest BCUT2D eigenvalue weighted by atomic mass is 10.0. The SMILES string of the molecule is Cc1ccncc1NC(=O)CCC(=O)c1ccc2c(c1)CCC2. The smallest absolute Gasteiger partial charge is 0.224 e. The van der Waals surface area contributed by atoms with Crippen LogP contribution in [0.2, 0.25) is 0 Å². The van der Waals surface area contributed by atoms with Crippen molar-refractivity contribution in [2.45, 2.75) is 39.0 Å². The van der Waals surface area contributed by atoms with Crippen LogP contribution in [0.15, 0.2) is 36.7 Å². The normalized spacial score (nSPS) is 12.7. The lowest BCUT2D eigenvalue weighted by molar-refractivity contribution is -0.116. The van der Waals surface area contributed by atoms with E-state index in [0.717, 1.165) is 24.0 Å². The van der Waals surface area contributed by atoms with Gasteiger partial charge in [-0.1, -0.05) is 12.1 Å². The zero-order valence-corrected chi connectivity index (χ0v) is 13.3. The van der Waals surface area contributed by atoms with Crippen molar-refractivity contribution in [2.24, 2.45) is 0 Å². The van der Waals surface area contributed by atoms with E-state index in [-0.39, 0.29) is 24.5 Å². The highest BCUT2D eigenvalue weighted by atomic mass is 16.2. The Bertz CT molecular complexity index is 753. The van der Waals surface area contributed by atoms with Crippen molar-refractivity contribution < 1.29 is 9.59 Å². The molecule has 118 valence electrons. The first kappa shape index (κ1) is 15.4. The summed E-state index contributed by atoms with van der Waals surface area (Å²) in [4.78, 5) is 28.3. The van der Waals surface area contributed by atoms with Crippen LogP contribution < -0.4 is 5.32 Å². The van der Waals surface area contributed by atoms with Gasteiger partial charge >= 0.3 is 0 Å². The van der Waals surface area contributed by atoms with Gasteiger partial charge in [-0.15, -0.1) is 0 Å². The van der Waals surface area contributed by atoms with Crippen LogP contribution in [0, 0.1) is 6.92 Å². The number of amides is 1. The number of aromatic nitrogens is 1. The molecule has 1 aromatic heterocycles. The molecule has 1 amide bonds. The van der Waals surface area contributed by atoms with Gasteiger partial charge < -0.3 is 5.32 Å². The maximum atomic E-state index is 12.3. The Morgan fingerprint density at radius 1 is 1.13 bits per heavy atom. The third-order valence-electron chi connectivity index (χ3n) is 4.31. The van der Waals surface area contributed by atoms with E-state index in [2.05, 4.69) is 16.4 Å². The first-order valence-electron chi connectivity index (χ1n) is 7.99. The largest absolute Gasteiger partial charge is 0.324 e. The fraction of sp³-hybridized carbons (Fsp3) is 0.316. The fourth-order valence-corrected chi connectivity index (χ4v) is 2.92. The second kappa shape index (κ2) is 6.73. The van der Waals surface area contributed by atoms with E-state index in [1.807, 2.05) is 25.1 Å². The van der Waals surface area contributed by atoms with Gasteiger partial charge in [0.05, 0.1) is 11.9 Å². The number of benzene rings is 1. The van der Waals surface area contributed by atoms with Crippen LogP contribution >= 0.6 is 0 Å². The molecule has 0 spiro atoms. The second-order valence-corrected chi connectivity index (χ2v) is 6.00. The van der Waals surface area contributed by atoms with Gasteiger partial charge in [0.25, 0.3) is 0 Å². The summed E-state index contributed by atoms with van der Waals surface area (Å²) in [5.41, 5.74) is 5.01. The second-order valence-electron chi connectivity index (χ2n) is 6.00. The number of nitrogens with zero attached hydrogens (tertiary/aromatic N) is 1. The van der Waals surface area contributed by atoms with E-state index in [1.54, 1.807) is 12.4 Å². The third kappa shape index (κ3) is 3.65. The zero-order valence-electron chi connectivity index (χ0n) is 13.3. The number of hydrogen-bond acceptors (Lipinski definition) is 3. The Balaban J connectivity index is 1.56. The minimum absolute atomic E-state index is 0.0257. The topological polar surface area (TPSA) is 59.1 Å². The molecule has 0 unspecified atom stereocenters. The maximum absolute atomic E-state index is 12.3. The predicted octanol–water partition coefficient (Wildman–Crippen LogP) is 3.48. The zero-order chi connectivity index (χ0) is 16.2. The summed E-state index contributed by atoms with van der Waals surface area (Å²) in [5, 5.41) is 2.81. The summed E-state index contributed by atoms with van der Waals surface area (Å²) in [6.45, 7) is 1.91. The molecule has 2 aromatic rings. The summed E-state index contributed by atoms with van der Waals surface area (Å²) in [6.07, 6.45) is 7.04. The molecular formula is C19H20N2O2. The Hall–Kier alpha value is -2.49. The molecule has 3 rings (SSSR count). The number of hydrogen-bond donors (Lipinski definition) is 1. The Morgan fingerprint density at radius 3 is 2.78 bits per heavy atom. The molecule has 0 saturated heterocycles. The van der Waals surface area contributed by atoms with Crippen molar-refractivity contribution in [1.29, 1.82) is 0 Å². The molecule has 0 aliphatic heterocycles. The van der Waals surface area contributed by atoms with Crippen LogP contribution in [0.1, 0.15) is 46.3 Å². The van der Waals surface area contributed by atoms with Gasteiger partial charge in [-0.25, -0.2) is 0 Å². The minimum atomic E-state index is -0.157. The molecule has 1 aromatic carbocycles. The molecule has 4 nitrogen and oxygen atoms in total. The fourth-order valence-electron chi connectivity index (χ4n) is 2.92. The summed E-state index contributed by atoms with van der Waals surface area (Å²) >= 11 is 0. The summed E-state index contributed by atoms with van der Waals surface area (Å²) in [6, 6.07) is 7.77. The van der Waals surface area contributed by atoms with Gasteiger partial charge in [0.2, 0.25) is 5.91 Å². The number of fused-ring (bicyclic) bond motifs is 1. The lowest BCUT2D eigenvalue weighted by Gasteiger charge is -2.08. The molecule has 0 atom stereocenters. The number of rotatable bonds is 5. The molecule has 0 fully saturated rings. The van der Waals surface area contributed by atoms with Gasteiger partial charge in [0, 0.05) is 24.6 Å². The van der Waals surface area contributed by atoms with Gasteiger partial charge in [0.1, 0.15) is 0 Å². The number of carbonyl (C=O) groups excluding carboxylic acids is 2.